The first-order valence-electron chi connectivity index (χ1n) is 8.86. The number of carbonyl (C=O) groups is 1. The fourth-order valence-corrected chi connectivity index (χ4v) is 3.12. The second-order valence-electron chi connectivity index (χ2n) is 7.20. The lowest BCUT2D eigenvalue weighted by Crippen LogP contribution is -3.12. The van der Waals surface area contributed by atoms with Gasteiger partial charge in [-0.25, -0.2) is 0 Å². The van der Waals surface area contributed by atoms with E-state index in [1.807, 2.05) is 46.9 Å². The molecule has 0 radical (unpaired) electrons. The van der Waals surface area contributed by atoms with E-state index in [2.05, 4.69) is 5.32 Å². The molecule has 0 aliphatic heterocycles. The largest absolute Gasteiger partial charge is 0.416 e. The third-order valence-electron chi connectivity index (χ3n) is 4.82. The van der Waals surface area contributed by atoms with Crippen LogP contribution in [0.1, 0.15) is 34.7 Å². The molecule has 0 aliphatic rings. The second-order valence-corrected chi connectivity index (χ2v) is 7.20. The Morgan fingerprint density at radius 2 is 1.59 bits per heavy atom. The van der Waals surface area contributed by atoms with Gasteiger partial charge >= 0.3 is 6.18 Å². The van der Waals surface area contributed by atoms with Crippen molar-refractivity contribution in [1.82, 2.24) is 0 Å². The van der Waals surface area contributed by atoms with Crippen molar-refractivity contribution in [3.63, 3.8) is 0 Å². The number of anilines is 1. The Labute approximate surface area is 158 Å². The molecule has 0 bridgehead atoms. The van der Waals surface area contributed by atoms with Gasteiger partial charge in [-0.2, -0.15) is 13.2 Å². The van der Waals surface area contributed by atoms with Gasteiger partial charge in [0.05, 0.1) is 12.6 Å². The predicted molar refractivity (Wildman–Crippen MR) is 101 cm³/mol. The number of likely N-dealkylation sites (N-methyl/N-ethyl adjacent to an activating group) is 1. The lowest BCUT2D eigenvalue weighted by atomic mass is 10.0. The predicted octanol–water partition coefficient (Wildman–Crippen LogP) is 3.67. The number of halogens is 3. The zero-order valence-electron chi connectivity index (χ0n) is 16.3. The molecule has 2 aromatic carbocycles. The van der Waals surface area contributed by atoms with Crippen LogP contribution in [0.5, 0.6) is 0 Å². The van der Waals surface area contributed by atoms with Crippen LogP contribution in [0.25, 0.3) is 0 Å². The average molecular weight is 379 g/mol. The van der Waals surface area contributed by atoms with Crippen molar-refractivity contribution in [1.29, 1.82) is 0 Å². The molecule has 146 valence electrons. The molecule has 27 heavy (non-hydrogen) atoms. The van der Waals surface area contributed by atoms with Crippen LogP contribution in [0.15, 0.2) is 36.4 Å². The van der Waals surface area contributed by atoms with Crippen LogP contribution >= 0.6 is 0 Å². The monoisotopic (exact) mass is 379 g/mol. The molecule has 0 aliphatic carbocycles. The van der Waals surface area contributed by atoms with E-state index in [1.165, 1.54) is 12.1 Å². The highest BCUT2D eigenvalue weighted by Crippen LogP contribution is 2.29. The number of hydrogen-bond acceptors (Lipinski definition) is 1. The molecular weight excluding hydrogens is 353 g/mol. The summed E-state index contributed by atoms with van der Waals surface area (Å²) in [5.41, 5.74) is 4.06. The van der Waals surface area contributed by atoms with Gasteiger partial charge in [0.25, 0.3) is 5.91 Å². The van der Waals surface area contributed by atoms with E-state index < -0.39 is 11.7 Å². The van der Waals surface area contributed by atoms with Gasteiger partial charge in [-0.05, 0) is 51.0 Å². The third-order valence-corrected chi connectivity index (χ3v) is 4.82. The van der Waals surface area contributed by atoms with E-state index in [4.69, 9.17) is 0 Å². The zero-order valence-corrected chi connectivity index (χ0v) is 16.3. The maximum Gasteiger partial charge on any atom is 0.416 e. The summed E-state index contributed by atoms with van der Waals surface area (Å²) in [5.74, 6) is -0.116. The molecular formula is C21H26F3N2O+. The molecule has 1 unspecified atom stereocenters. The Balaban J connectivity index is 2.04. The molecule has 2 aromatic rings. The number of benzene rings is 2. The number of hydrogen-bond donors (Lipinski definition) is 2. The number of alkyl halides is 3. The fourth-order valence-electron chi connectivity index (χ4n) is 3.12. The molecule has 0 saturated carbocycles. The van der Waals surface area contributed by atoms with Crippen LogP contribution < -0.4 is 10.2 Å². The summed E-state index contributed by atoms with van der Waals surface area (Å²) in [4.78, 5) is 13.5. The summed E-state index contributed by atoms with van der Waals surface area (Å²) in [7, 11) is 1.86. The van der Waals surface area contributed by atoms with Gasteiger partial charge in [-0.3, -0.25) is 4.79 Å². The minimum Gasteiger partial charge on any atom is -0.324 e. The highest BCUT2D eigenvalue weighted by molar-refractivity contribution is 5.95. The average Bonchev–Trinajstić information content (AvgIpc) is 2.56. The number of amides is 1. The molecule has 0 fully saturated rings. The normalized spacial score (nSPS) is 13.9. The van der Waals surface area contributed by atoms with Crippen LogP contribution in [0, 0.1) is 20.8 Å². The fraction of sp³-hybridized carbons (Fsp3) is 0.381. The Morgan fingerprint density at radius 1 is 1.07 bits per heavy atom. The van der Waals surface area contributed by atoms with Gasteiger partial charge in [0, 0.05) is 11.3 Å². The highest BCUT2D eigenvalue weighted by Gasteiger charge is 2.30. The van der Waals surface area contributed by atoms with Crippen molar-refractivity contribution in [2.24, 2.45) is 0 Å². The quantitative estimate of drug-likeness (QED) is 0.817. The van der Waals surface area contributed by atoms with E-state index in [-0.39, 0.29) is 11.9 Å². The zero-order chi connectivity index (χ0) is 20.4. The number of aryl methyl sites for hydroxylation is 3. The van der Waals surface area contributed by atoms with E-state index in [1.54, 1.807) is 0 Å². The molecule has 0 spiro atoms. The SMILES string of the molecule is Cc1cc(C)c(NC(=O)[C@H](C)[NH+](C)Cc2ccc(C(F)(F)F)cc2)c(C)c1. The van der Waals surface area contributed by atoms with Crippen molar-refractivity contribution >= 4 is 11.6 Å². The Kier molecular flexibility index (Phi) is 6.31. The van der Waals surface area contributed by atoms with Gasteiger partial charge < -0.3 is 10.2 Å². The molecule has 0 aromatic heterocycles. The van der Waals surface area contributed by atoms with Gasteiger partial charge in [-0.1, -0.05) is 29.8 Å². The first-order valence-corrected chi connectivity index (χ1v) is 8.86. The van der Waals surface area contributed by atoms with Crippen molar-refractivity contribution in [3.8, 4) is 0 Å². The highest BCUT2D eigenvalue weighted by atomic mass is 19.4. The minimum absolute atomic E-state index is 0.116. The van der Waals surface area contributed by atoms with Crippen LogP contribution in [-0.2, 0) is 17.5 Å². The van der Waals surface area contributed by atoms with Crippen LogP contribution in [-0.4, -0.2) is 19.0 Å². The summed E-state index contributed by atoms with van der Waals surface area (Å²) in [5, 5.41) is 2.99. The summed E-state index contributed by atoms with van der Waals surface area (Å²) in [6, 6.07) is 8.76. The third kappa shape index (κ3) is 5.32. The molecule has 0 heterocycles. The lowest BCUT2D eigenvalue weighted by Gasteiger charge is -2.22. The van der Waals surface area contributed by atoms with Crippen LogP contribution in [0.2, 0.25) is 0 Å². The smallest absolute Gasteiger partial charge is 0.324 e. The Morgan fingerprint density at radius 3 is 2.07 bits per heavy atom. The lowest BCUT2D eigenvalue weighted by molar-refractivity contribution is -0.907. The number of carbonyl (C=O) groups excluding carboxylic acids is 1. The van der Waals surface area contributed by atoms with Crippen LogP contribution in [0.3, 0.4) is 0 Å². The molecule has 2 N–H and O–H groups in total. The number of rotatable bonds is 5. The van der Waals surface area contributed by atoms with Crippen LogP contribution in [0.4, 0.5) is 18.9 Å². The van der Waals surface area contributed by atoms with E-state index in [0.29, 0.717) is 6.54 Å². The maximum absolute atomic E-state index is 12.7. The first kappa shape index (κ1) is 21.0. The molecule has 0 saturated heterocycles. The molecule has 2 rings (SSSR count). The maximum atomic E-state index is 12.7. The van der Waals surface area contributed by atoms with Crippen molar-refractivity contribution in [2.45, 2.75) is 46.5 Å². The molecule has 2 atom stereocenters. The van der Waals surface area contributed by atoms with Gasteiger partial charge in [0.15, 0.2) is 6.04 Å². The van der Waals surface area contributed by atoms with E-state index in [0.717, 1.165) is 45.0 Å². The number of quaternary nitrogens is 1. The van der Waals surface area contributed by atoms with Gasteiger partial charge in [-0.15, -0.1) is 0 Å². The summed E-state index contributed by atoms with van der Waals surface area (Å²) in [6.07, 6.45) is -4.34. The first-order chi connectivity index (χ1) is 12.5. The van der Waals surface area contributed by atoms with Gasteiger partial charge in [0.2, 0.25) is 0 Å². The Hall–Kier alpha value is -2.34. The molecule has 3 nitrogen and oxygen atoms in total. The van der Waals surface area contributed by atoms with Crippen molar-refractivity contribution in [3.05, 3.63) is 64.2 Å². The standard InChI is InChI=1S/C21H25F3N2O/c1-13-10-14(2)19(15(3)11-13)25-20(27)16(4)26(5)12-17-6-8-18(9-7-17)21(22,23)24/h6-11,16H,12H2,1-5H3,(H,25,27)/p+1/t16-/m0/s1. The Bertz CT molecular complexity index is 790. The van der Waals surface area contributed by atoms with Crippen molar-refractivity contribution < 1.29 is 22.9 Å². The summed E-state index contributed by atoms with van der Waals surface area (Å²) in [6.45, 7) is 8.19. The summed E-state index contributed by atoms with van der Waals surface area (Å²) < 4.78 is 38.0. The second kappa shape index (κ2) is 8.13. The topological polar surface area (TPSA) is 33.5 Å². The van der Waals surface area contributed by atoms with Gasteiger partial charge in [0.1, 0.15) is 6.54 Å². The number of nitrogens with one attached hydrogen (secondary N) is 2. The molecule has 1 amide bonds. The minimum atomic E-state index is -4.34. The summed E-state index contributed by atoms with van der Waals surface area (Å²) >= 11 is 0. The van der Waals surface area contributed by atoms with Crippen molar-refractivity contribution in [2.75, 3.05) is 12.4 Å². The molecule has 6 heteroatoms. The van der Waals surface area contributed by atoms with E-state index >= 15 is 0 Å². The van der Waals surface area contributed by atoms with E-state index in [9.17, 15) is 18.0 Å².